The van der Waals surface area contributed by atoms with Crippen molar-refractivity contribution >= 4 is 158 Å². The predicted octanol–water partition coefficient (Wildman–Crippen LogP) is 18.2. The molecule has 16 aromatic rings. The summed E-state index contributed by atoms with van der Waals surface area (Å²) in [6, 6.07) is 119. The van der Waals surface area contributed by atoms with Gasteiger partial charge in [-0.1, -0.05) is 231 Å². The summed E-state index contributed by atoms with van der Waals surface area (Å²) in [6.45, 7) is -0.433. The highest BCUT2D eigenvalue weighted by Crippen LogP contribution is 2.56. The molecule has 0 saturated carbocycles. The van der Waals surface area contributed by atoms with Gasteiger partial charge < -0.3 is 28.6 Å². The molecule has 0 bridgehead atoms. The van der Waals surface area contributed by atoms with Gasteiger partial charge in [-0.05, 0) is 129 Å². The van der Waals surface area contributed by atoms with Gasteiger partial charge in [-0.15, -0.1) is 0 Å². The lowest BCUT2D eigenvalue weighted by Crippen LogP contribution is -2.65. The maximum atomic E-state index is 7.25. The van der Waals surface area contributed by atoms with Gasteiger partial charge in [-0.2, -0.15) is 0 Å². The third-order valence-corrected chi connectivity index (χ3v) is 19.9. The van der Waals surface area contributed by atoms with E-state index in [0.717, 1.165) is 123 Å². The Morgan fingerprint density at radius 2 is 0.696 bits per heavy atom. The Morgan fingerprint density at radius 1 is 0.250 bits per heavy atom. The number of hydrogen-bond donors (Lipinski definition) is 0. The molecule has 0 saturated heterocycles. The van der Waals surface area contributed by atoms with Gasteiger partial charge in [0.1, 0.15) is 11.2 Å². The molecule has 0 unspecified atom stereocenters. The van der Waals surface area contributed by atoms with Crippen molar-refractivity contribution in [3.63, 3.8) is 0 Å². The lowest BCUT2D eigenvalue weighted by molar-refractivity contribution is 0.669. The molecule has 20 rings (SSSR count). The molecule has 0 atom stereocenters. The molecule has 8 heteroatoms. The molecule has 92 heavy (non-hydrogen) atoms. The van der Waals surface area contributed by atoms with Crippen molar-refractivity contribution in [2.24, 2.45) is 0 Å². The number of nitrogens with zero attached hydrogens (tertiary/aromatic N) is 5. The molecule has 2 aromatic heterocycles. The van der Waals surface area contributed by atoms with Gasteiger partial charge in [-0.3, -0.25) is 0 Å². The van der Waals surface area contributed by atoms with Crippen LogP contribution >= 0.6 is 0 Å². The van der Waals surface area contributed by atoms with Crippen molar-refractivity contribution in [1.82, 2.24) is 4.57 Å². The van der Waals surface area contributed by atoms with Gasteiger partial charge in [0.2, 0.25) is 0 Å². The first-order chi connectivity index (χ1) is 45.7. The van der Waals surface area contributed by atoms with E-state index in [9.17, 15) is 0 Å². The highest BCUT2D eigenvalue weighted by molar-refractivity contribution is 7.03. The van der Waals surface area contributed by atoms with Crippen molar-refractivity contribution in [1.29, 1.82) is 0 Å². The summed E-state index contributed by atoms with van der Waals surface area (Å²) in [7, 11) is 0. The first-order valence-electron chi connectivity index (χ1n) is 31.8. The van der Waals surface area contributed by atoms with Gasteiger partial charge in [0.15, 0.2) is 0 Å². The smallest absolute Gasteiger partial charge is 0.252 e. The largest absolute Gasteiger partial charge is 0.456 e. The van der Waals surface area contributed by atoms with Crippen LogP contribution in [0, 0.1) is 0 Å². The van der Waals surface area contributed by atoms with Crippen molar-refractivity contribution in [2.45, 2.75) is 0 Å². The second-order valence-corrected chi connectivity index (χ2v) is 24.6. The number of anilines is 12. The molecule has 6 nitrogen and oxygen atoms in total. The van der Waals surface area contributed by atoms with Gasteiger partial charge >= 0.3 is 0 Å². The molecular weight excluding hydrogens is 1120 g/mol. The predicted molar refractivity (Wildman–Crippen MR) is 387 cm³/mol. The number of para-hydroxylation sites is 9. The molecule has 0 aliphatic carbocycles. The van der Waals surface area contributed by atoms with Crippen LogP contribution in [-0.2, 0) is 0 Å². The molecule has 14 aromatic carbocycles. The summed E-state index contributed by atoms with van der Waals surface area (Å²) >= 11 is 0. The van der Waals surface area contributed by atoms with E-state index < -0.39 is 0 Å². The maximum absolute atomic E-state index is 7.25. The van der Waals surface area contributed by atoms with Crippen LogP contribution < -0.4 is 52.4 Å². The summed E-state index contributed by atoms with van der Waals surface area (Å²) in [4.78, 5) is 10.4. The van der Waals surface area contributed by atoms with E-state index in [0.29, 0.717) is 0 Å². The van der Waals surface area contributed by atoms with E-state index in [1.807, 2.05) is 0 Å². The van der Waals surface area contributed by atoms with E-state index in [-0.39, 0.29) is 13.4 Å². The first kappa shape index (κ1) is 51.0. The Labute approximate surface area is 533 Å². The summed E-state index contributed by atoms with van der Waals surface area (Å²) in [5, 5.41) is 4.60. The summed E-state index contributed by atoms with van der Waals surface area (Å²) in [6.07, 6.45) is 0. The van der Waals surface area contributed by atoms with E-state index in [1.165, 1.54) is 49.2 Å². The van der Waals surface area contributed by atoms with Crippen LogP contribution in [0.25, 0.3) is 71.7 Å². The van der Waals surface area contributed by atoms with Crippen LogP contribution in [0.4, 0.5) is 68.2 Å². The quantitative estimate of drug-likeness (QED) is 0.148. The van der Waals surface area contributed by atoms with Crippen LogP contribution in [-0.4, -0.2) is 18.0 Å². The van der Waals surface area contributed by atoms with Gasteiger partial charge in [-0.25, -0.2) is 0 Å². The fourth-order valence-electron chi connectivity index (χ4n) is 16.3. The molecular formula is C84H53B2N5O. The first-order valence-corrected chi connectivity index (χ1v) is 31.8. The number of hydrogen-bond acceptors (Lipinski definition) is 5. The molecule has 0 spiro atoms. The molecule has 6 heterocycles. The zero-order valence-electron chi connectivity index (χ0n) is 49.9. The van der Waals surface area contributed by atoms with Crippen molar-refractivity contribution in [3.05, 3.63) is 322 Å². The Morgan fingerprint density at radius 3 is 1.27 bits per heavy atom. The zero-order chi connectivity index (χ0) is 60.1. The third-order valence-electron chi connectivity index (χ3n) is 19.9. The highest BCUT2D eigenvalue weighted by atomic mass is 16.3. The summed E-state index contributed by atoms with van der Waals surface area (Å²) < 4.78 is 9.74. The van der Waals surface area contributed by atoms with Crippen molar-refractivity contribution < 1.29 is 4.42 Å². The minimum Gasteiger partial charge on any atom is -0.456 e. The molecule has 4 aliphatic heterocycles. The average Bonchev–Trinajstić information content (AvgIpc) is 1.10. The monoisotopic (exact) mass is 1170 g/mol. The minimum absolute atomic E-state index is 0.203. The maximum Gasteiger partial charge on any atom is 0.252 e. The lowest BCUT2D eigenvalue weighted by atomic mass is 9.30. The average molecular weight is 1170 g/mol. The van der Waals surface area contributed by atoms with Crippen LogP contribution in [0.1, 0.15) is 0 Å². The molecule has 4 aliphatic rings. The van der Waals surface area contributed by atoms with E-state index >= 15 is 0 Å². The van der Waals surface area contributed by atoms with Crippen LogP contribution in [0.15, 0.2) is 326 Å². The van der Waals surface area contributed by atoms with Crippen molar-refractivity contribution in [3.8, 4) is 27.9 Å². The number of fused-ring (bicyclic) bond motifs is 16. The van der Waals surface area contributed by atoms with Gasteiger partial charge in [0, 0.05) is 90.2 Å². The fourth-order valence-corrected chi connectivity index (χ4v) is 16.3. The topological polar surface area (TPSA) is 31.0 Å². The molecule has 426 valence electrons. The molecule has 0 radical (unpaired) electrons. The Bertz CT molecular complexity index is 5620. The van der Waals surface area contributed by atoms with Crippen LogP contribution in [0.2, 0.25) is 0 Å². The number of furan rings is 1. The highest BCUT2D eigenvalue weighted by Gasteiger charge is 2.50. The molecule has 0 amide bonds. The molecule has 0 fully saturated rings. The van der Waals surface area contributed by atoms with Crippen LogP contribution in [0.3, 0.4) is 0 Å². The van der Waals surface area contributed by atoms with E-state index in [4.69, 9.17) is 4.42 Å². The standard InChI is InChI=1S/C84H53B2N5O/c1-7-28-54(29-8-1)60-42-27-43-61(55-30-9-2-10-31-55)82(60)91-72-51-71-66(50-67(72)86-65-45-22-25-48-70(65)90(59-38-17-6-18-39-59)84-79-63-41-20-26-49-76(63)92-77(79)53-75(91)81(84)86)85-64-44-21-24-47-69(64)89(58-36-15-5-16-37-58)83-78-62-40-19-23-46-68(62)87(56-32-11-3-12-33-56)73(78)52-74(80(83)85)88(71)57-34-13-4-14-35-57/h1-53H. The normalized spacial score (nSPS) is 13.3. The minimum atomic E-state index is -0.230. The van der Waals surface area contributed by atoms with Gasteiger partial charge in [0.05, 0.1) is 33.5 Å². The molecule has 0 N–H and O–H groups in total. The van der Waals surface area contributed by atoms with Crippen molar-refractivity contribution in [2.75, 3.05) is 19.6 Å². The second-order valence-electron chi connectivity index (χ2n) is 24.6. The lowest BCUT2D eigenvalue weighted by Gasteiger charge is -2.47. The Balaban J connectivity index is 0.985. The number of aromatic nitrogens is 1. The second kappa shape index (κ2) is 19.8. The van der Waals surface area contributed by atoms with Gasteiger partial charge in [0.25, 0.3) is 13.4 Å². The summed E-state index contributed by atoms with van der Waals surface area (Å²) in [5.41, 5.74) is 30.5. The Kier molecular flexibility index (Phi) is 10.9. The summed E-state index contributed by atoms with van der Waals surface area (Å²) in [5.74, 6) is 0. The zero-order valence-corrected chi connectivity index (χ0v) is 49.9. The fraction of sp³-hybridized carbons (Fsp3) is 0. The number of rotatable bonds is 7. The van der Waals surface area contributed by atoms with E-state index in [2.05, 4.69) is 346 Å². The van der Waals surface area contributed by atoms with E-state index in [1.54, 1.807) is 0 Å². The SMILES string of the molecule is c1ccc(-c2cccc(-c3ccccc3)c2N2c3cc4c(cc3B3c5ccccc5N(c5ccccc5)c5c3c2cc2oc3ccccc3c52)B2c3ccccc3N(c3ccccc3)c3c2c(cc2c3c3ccccc3n2-c2ccccc2)N4c2ccccc2)cc1. The Hall–Kier alpha value is -12.0. The third kappa shape index (κ3) is 7.17. The van der Waals surface area contributed by atoms with Crippen LogP contribution in [0.5, 0.6) is 0 Å². The number of benzene rings is 14.